The molecule has 0 bridgehead atoms. The van der Waals surface area contributed by atoms with E-state index in [-0.39, 0.29) is 5.60 Å². The summed E-state index contributed by atoms with van der Waals surface area (Å²) in [6.07, 6.45) is 0. The predicted molar refractivity (Wildman–Crippen MR) is 54.0 cm³/mol. The first-order chi connectivity index (χ1) is 5.99. The Bertz CT molecular complexity index is 285. The molecular formula is C9H13N2OS. The summed E-state index contributed by atoms with van der Waals surface area (Å²) in [4.78, 5) is 9.25. The van der Waals surface area contributed by atoms with Crippen LogP contribution in [0.5, 0.6) is 0 Å². The lowest BCUT2D eigenvalue weighted by Crippen LogP contribution is -2.16. The molecule has 0 aliphatic heterocycles. The van der Waals surface area contributed by atoms with E-state index in [0.29, 0.717) is 0 Å². The molecule has 1 rings (SSSR count). The second-order valence-electron chi connectivity index (χ2n) is 3.70. The molecule has 0 amide bonds. The van der Waals surface area contributed by atoms with Gasteiger partial charge in [0.1, 0.15) is 11.3 Å². The van der Waals surface area contributed by atoms with Gasteiger partial charge in [-0.2, -0.15) is 0 Å². The molecule has 4 heteroatoms. The number of aromatic nitrogens is 1. The largest absolute Gasteiger partial charge is 0.390 e. The Labute approximate surface area is 82.4 Å². The van der Waals surface area contributed by atoms with E-state index in [0.717, 1.165) is 11.4 Å². The first kappa shape index (κ1) is 10.2. The van der Waals surface area contributed by atoms with Crippen molar-refractivity contribution in [2.45, 2.75) is 33.3 Å². The molecule has 0 saturated heterocycles. The van der Waals surface area contributed by atoms with E-state index in [9.17, 15) is 0 Å². The predicted octanol–water partition coefficient (Wildman–Crippen LogP) is 2.48. The number of rotatable bonds is 2. The van der Waals surface area contributed by atoms with Gasteiger partial charge in [-0.3, -0.25) is 0 Å². The Balaban J connectivity index is 2.63. The summed E-state index contributed by atoms with van der Waals surface area (Å²) in [6.45, 7) is 7.74. The van der Waals surface area contributed by atoms with Crippen molar-refractivity contribution in [2.75, 3.05) is 0 Å². The van der Waals surface area contributed by atoms with Gasteiger partial charge < -0.3 is 4.84 Å². The molecular weight excluding hydrogens is 184 g/mol. The molecule has 71 valence electrons. The van der Waals surface area contributed by atoms with E-state index in [1.54, 1.807) is 0 Å². The van der Waals surface area contributed by atoms with Gasteiger partial charge in [-0.05, 0) is 27.7 Å². The molecule has 1 aromatic rings. The number of thiazole rings is 1. The van der Waals surface area contributed by atoms with Crippen molar-refractivity contribution < 1.29 is 4.84 Å². The second-order valence-corrected chi connectivity index (χ2v) is 4.36. The minimum Gasteiger partial charge on any atom is -0.390 e. The molecule has 0 aliphatic rings. The van der Waals surface area contributed by atoms with Crippen molar-refractivity contribution in [1.82, 2.24) is 4.98 Å². The highest BCUT2D eigenvalue weighted by molar-refractivity contribution is 7.07. The third-order valence-corrected chi connectivity index (χ3v) is 1.75. The molecule has 0 aromatic carbocycles. The zero-order chi connectivity index (χ0) is 9.90. The molecule has 1 aromatic heterocycles. The van der Waals surface area contributed by atoms with Crippen LogP contribution in [0, 0.1) is 5.51 Å². The van der Waals surface area contributed by atoms with Crippen LogP contribution in [0.3, 0.4) is 0 Å². The molecule has 3 nitrogen and oxygen atoms in total. The van der Waals surface area contributed by atoms with Crippen LogP contribution < -0.4 is 0 Å². The minimum atomic E-state index is -0.249. The SMILES string of the molecule is C/C(=N/OC(C)(C)C)c1cs[c]n1. The average Bonchev–Trinajstić information content (AvgIpc) is 2.50. The van der Waals surface area contributed by atoms with Gasteiger partial charge in [0, 0.05) is 5.38 Å². The maximum atomic E-state index is 5.25. The molecule has 0 unspecified atom stereocenters. The third-order valence-electron chi connectivity index (χ3n) is 1.22. The minimum absolute atomic E-state index is 0.249. The smallest absolute Gasteiger partial charge is 0.152 e. The van der Waals surface area contributed by atoms with Crippen LogP contribution in [0.15, 0.2) is 10.5 Å². The number of hydrogen-bond donors (Lipinski definition) is 0. The Kier molecular flexibility index (Phi) is 3.03. The van der Waals surface area contributed by atoms with Crippen molar-refractivity contribution in [3.63, 3.8) is 0 Å². The number of hydrogen-bond acceptors (Lipinski definition) is 4. The summed E-state index contributed by atoms with van der Waals surface area (Å²) in [5, 5.41) is 5.87. The number of oxime groups is 1. The summed E-state index contributed by atoms with van der Waals surface area (Å²) in [6, 6.07) is 0. The fourth-order valence-corrected chi connectivity index (χ4v) is 1.14. The second kappa shape index (κ2) is 3.87. The normalized spacial score (nSPS) is 13.1. The lowest BCUT2D eigenvalue weighted by atomic mass is 10.2. The van der Waals surface area contributed by atoms with Crippen molar-refractivity contribution in [3.05, 3.63) is 16.6 Å². The van der Waals surface area contributed by atoms with Crippen LogP contribution in [0.2, 0.25) is 0 Å². The molecule has 0 atom stereocenters. The quantitative estimate of drug-likeness (QED) is 0.539. The summed E-state index contributed by atoms with van der Waals surface area (Å²) in [7, 11) is 0. The zero-order valence-electron chi connectivity index (χ0n) is 8.29. The molecule has 0 fully saturated rings. The zero-order valence-corrected chi connectivity index (χ0v) is 9.10. The molecule has 13 heavy (non-hydrogen) atoms. The van der Waals surface area contributed by atoms with Crippen molar-refractivity contribution in [1.29, 1.82) is 0 Å². The van der Waals surface area contributed by atoms with Gasteiger partial charge >= 0.3 is 0 Å². The van der Waals surface area contributed by atoms with Crippen LogP contribution in [0.25, 0.3) is 0 Å². The van der Waals surface area contributed by atoms with E-state index in [2.05, 4.69) is 15.7 Å². The summed E-state index contributed by atoms with van der Waals surface area (Å²) in [5.74, 6) is 0. The maximum absolute atomic E-state index is 5.25. The highest BCUT2D eigenvalue weighted by atomic mass is 32.1. The van der Waals surface area contributed by atoms with Gasteiger partial charge in [-0.1, -0.05) is 5.16 Å². The summed E-state index contributed by atoms with van der Waals surface area (Å²) < 4.78 is 0. The Morgan fingerprint density at radius 2 is 2.31 bits per heavy atom. The Hall–Kier alpha value is -0.900. The van der Waals surface area contributed by atoms with Gasteiger partial charge in [0.05, 0.1) is 5.69 Å². The van der Waals surface area contributed by atoms with Crippen LogP contribution >= 0.6 is 11.3 Å². The van der Waals surface area contributed by atoms with Crippen LogP contribution in [-0.2, 0) is 4.84 Å². The molecule has 1 heterocycles. The molecule has 1 radical (unpaired) electrons. The van der Waals surface area contributed by atoms with Crippen molar-refractivity contribution in [3.8, 4) is 0 Å². The molecule has 0 N–H and O–H groups in total. The Morgan fingerprint density at radius 1 is 1.62 bits per heavy atom. The van der Waals surface area contributed by atoms with Crippen molar-refractivity contribution in [2.24, 2.45) is 5.16 Å². The fraction of sp³-hybridized carbons (Fsp3) is 0.556. The van der Waals surface area contributed by atoms with Crippen LogP contribution in [0.1, 0.15) is 33.4 Å². The standard InChI is InChI=1S/C9H13N2OS/c1-7(8-5-13-6-10-8)11-12-9(2,3)4/h5H,1-4H3/b11-7-. The van der Waals surface area contributed by atoms with Crippen LogP contribution in [-0.4, -0.2) is 16.3 Å². The summed E-state index contributed by atoms with van der Waals surface area (Å²) >= 11 is 1.43. The van der Waals surface area contributed by atoms with Crippen LogP contribution in [0.4, 0.5) is 0 Å². The molecule has 0 saturated carbocycles. The highest BCUT2D eigenvalue weighted by Crippen LogP contribution is 2.09. The first-order valence-corrected chi connectivity index (χ1v) is 4.92. The fourth-order valence-electron chi connectivity index (χ4n) is 0.602. The number of nitrogens with zero attached hydrogens (tertiary/aromatic N) is 2. The van der Waals surface area contributed by atoms with Gasteiger partial charge in [-0.15, -0.1) is 11.3 Å². The van der Waals surface area contributed by atoms with E-state index in [1.807, 2.05) is 33.1 Å². The van der Waals surface area contributed by atoms with Gasteiger partial charge in [0.25, 0.3) is 0 Å². The van der Waals surface area contributed by atoms with E-state index in [1.165, 1.54) is 11.3 Å². The monoisotopic (exact) mass is 197 g/mol. The maximum Gasteiger partial charge on any atom is 0.152 e. The van der Waals surface area contributed by atoms with E-state index >= 15 is 0 Å². The first-order valence-electron chi connectivity index (χ1n) is 4.04. The lowest BCUT2D eigenvalue weighted by molar-refractivity contribution is 0.000925. The topological polar surface area (TPSA) is 34.5 Å². The van der Waals surface area contributed by atoms with Gasteiger partial charge in [0.2, 0.25) is 0 Å². The van der Waals surface area contributed by atoms with Gasteiger partial charge in [-0.25, -0.2) is 4.98 Å². The third kappa shape index (κ3) is 3.55. The Morgan fingerprint density at radius 3 is 2.77 bits per heavy atom. The molecule has 0 spiro atoms. The van der Waals surface area contributed by atoms with Gasteiger partial charge in [0.15, 0.2) is 5.51 Å². The lowest BCUT2D eigenvalue weighted by Gasteiger charge is -2.15. The highest BCUT2D eigenvalue weighted by Gasteiger charge is 2.10. The van der Waals surface area contributed by atoms with E-state index < -0.39 is 0 Å². The summed E-state index contributed by atoms with van der Waals surface area (Å²) in [5.41, 5.74) is 4.13. The molecule has 0 aliphatic carbocycles. The van der Waals surface area contributed by atoms with E-state index in [4.69, 9.17) is 4.84 Å². The average molecular weight is 197 g/mol. The van der Waals surface area contributed by atoms with Crippen molar-refractivity contribution >= 4 is 17.0 Å².